The molecule has 0 heterocycles. The topological polar surface area (TPSA) is 66.8 Å². The number of rotatable bonds is 5. The lowest BCUT2D eigenvalue weighted by Gasteiger charge is -2.18. The van der Waals surface area contributed by atoms with Crippen LogP contribution >= 0.6 is 7.60 Å². The molecule has 126 valence electrons. The van der Waals surface area contributed by atoms with Gasteiger partial charge in [-0.05, 0) is 35.7 Å². The molecule has 0 aliphatic carbocycles. The third-order valence-corrected chi connectivity index (χ3v) is 5.67. The molecule has 2 N–H and O–H groups in total. The normalized spacial score (nSPS) is 15.5. The first-order valence-electron chi connectivity index (χ1n) is 8.04. The predicted molar refractivity (Wildman–Crippen MR) is 97.5 cm³/mol. The molecule has 3 aromatic carbocycles. The maximum absolute atomic E-state index is 12.4. The number of phenolic OH excluding ortho intramolecular Hbond substituents is 1. The van der Waals surface area contributed by atoms with Gasteiger partial charge in [0.2, 0.25) is 0 Å². The highest BCUT2D eigenvalue weighted by Gasteiger charge is 2.24. The van der Waals surface area contributed by atoms with E-state index in [1.807, 2.05) is 49.4 Å². The fraction of sp³-hybridized carbons (Fsp3) is 0.263. The van der Waals surface area contributed by atoms with Crippen molar-refractivity contribution < 1.29 is 19.1 Å². The van der Waals surface area contributed by atoms with Crippen molar-refractivity contribution in [2.75, 3.05) is 0 Å². The number of hydrogen-bond donors (Lipinski definition) is 2. The second-order valence-electron chi connectivity index (χ2n) is 6.08. The van der Waals surface area contributed by atoms with E-state index in [4.69, 9.17) is 4.52 Å². The molecule has 0 saturated carbocycles. The Labute approximate surface area is 141 Å². The van der Waals surface area contributed by atoms with Gasteiger partial charge in [-0.25, -0.2) is 0 Å². The van der Waals surface area contributed by atoms with Gasteiger partial charge in [0.05, 0.1) is 12.3 Å². The highest BCUT2D eigenvalue weighted by molar-refractivity contribution is 7.52. The summed E-state index contributed by atoms with van der Waals surface area (Å²) < 4.78 is 17.7. The van der Waals surface area contributed by atoms with Crippen LogP contribution in [0.25, 0.3) is 21.5 Å². The van der Waals surface area contributed by atoms with Gasteiger partial charge in [-0.15, -0.1) is 0 Å². The summed E-state index contributed by atoms with van der Waals surface area (Å²) in [6.45, 7) is 3.68. The van der Waals surface area contributed by atoms with Crippen molar-refractivity contribution in [2.24, 2.45) is 0 Å². The van der Waals surface area contributed by atoms with Crippen LogP contribution in [0.4, 0.5) is 0 Å². The summed E-state index contributed by atoms with van der Waals surface area (Å²) in [7, 11) is -3.78. The minimum Gasteiger partial charge on any atom is -0.507 e. The lowest BCUT2D eigenvalue weighted by atomic mass is 9.99. The molecule has 5 heteroatoms. The molecule has 0 spiro atoms. The molecule has 0 amide bonds. The van der Waals surface area contributed by atoms with E-state index >= 15 is 0 Å². The molecule has 2 unspecified atom stereocenters. The Morgan fingerprint density at radius 1 is 1.12 bits per heavy atom. The predicted octanol–water partition coefficient (Wildman–Crippen LogP) is 5.20. The molecule has 0 aliphatic heterocycles. The summed E-state index contributed by atoms with van der Waals surface area (Å²) in [5, 5.41) is 13.8. The van der Waals surface area contributed by atoms with Crippen molar-refractivity contribution in [3.05, 3.63) is 54.1 Å². The van der Waals surface area contributed by atoms with E-state index in [0.29, 0.717) is 17.4 Å². The van der Waals surface area contributed by atoms with Gasteiger partial charge in [0.1, 0.15) is 5.75 Å². The molecule has 24 heavy (non-hydrogen) atoms. The first-order chi connectivity index (χ1) is 11.4. The van der Waals surface area contributed by atoms with Crippen LogP contribution in [0.15, 0.2) is 48.5 Å². The van der Waals surface area contributed by atoms with Gasteiger partial charge in [0.15, 0.2) is 0 Å². The molecule has 0 fully saturated rings. The second kappa shape index (κ2) is 6.56. The van der Waals surface area contributed by atoms with Crippen LogP contribution in [0.1, 0.15) is 25.8 Å². The molecule has 2 atom stereocenters. The monoisotopic (exact) mass is 344 g/mol. The van der Waals surface area contributed by atoms with Gasteiger partial charge in [0, 0.05) is 10.8 Å². The van der Waals surface area contributed by atoms with Gasteiger partial charge in [0.25, 0.3) is 0 Å². The van der Waals surface area contributed by atoms with Crippen molar-refractivity contribution >= 4 is 29.1 Å². The average Bonchev–Trinajstić information content (AvgIpc) is 2.54. The summed E-state index contributed by atoms with van der Waals surface area (Å²) in [5.41, 5.74) is 0.616. The largest absolute Gasteiger partial charge is 0.507 e. The SMILES string of the molecule is CCC(C)OP(=O)(O)Cc1cccc2cc3ccccc3c(O)c12. The van der Waals surface area contributed by atoms with E-state index in [1.54, 1.807) is 13.0 Å². The summed E-state index contributed by atoms with van der Waals surface area (Å²) >= 11 is 0. The van der Waals surface area contributed by atoms with Crippen LogP contribution in [-0.2, 0) is 15.3 Å². The molecular weight excluding hydrogens is 323 g/mol. The second-order valence-corrected chi connectivity index (χ2v) is 7.88. The molecule has 3 aromatic rings. The van der Waals surface area contributed by atoms with Crippen LogP contribution in [-0.4, -0.2) is 16.1 Å². The van der Waals surface area contributed by atoms with Crippen LogP contribution in [0, 0.1) is 0 Å². The van der Waals surface area contributed by atoms with Gasteiger partial charge < -0.3 is 14.5 Å². The summed E-state index contributed by atoms with van der Waals surface area (Å²) in [6.07, 6.45) is 0.251. The first-order valence-corrected chi connectivity index (χ1v) is 9.80. The summed E-state index contributed by atoms with van der Waals surface area (Å²) in [6, 6.07) is 15.0. The van der Waals surface area contributed by atoms with Gasteiger partial charge in [-0.2, -0.15) is 0 Å². The Kier molecular flexibility index (Phi) is 4.64. The standard InChI is InChI=1S/C19H21O4P/c1-3-13(2)23-24(21,22)12-16-9-6-8-15-11-14-7-4-5-10-17(14)19(20)18(15)16/h4-11,13,20H,3,12H2,1-2H3,(H,21,22). The lowest BCUT2D eigenvalue weighted by Crippen LogP contribution is -2.05. The van der Waals surface area contributed by atoms with Gasteiger partial charge >= 0.3 is 7.60 Å². The van der Waals surface area contributed by atoms with Crippen molar-refractivity contribution in [3.8, 4) is 5.75 Å². The molecule has 4 nitrogen and oxygen atoms in total. The van der Waals surface area contributed by atoms with Crippen molar-refractivity contribution in [1.82, 2.24) is 0 Å². The maximum Gasteiger partial charge on any atom is 0.332 e. The van der Waals surface area contributed by atoms with E-state index in [9.17, 15) is 14.6 Å². The number of aromatic hydroxyl groups is 1. The fourth-order valence-corrected chi connectivity index (χ4v) is 4.39. The van der Waals surface area contributed by atoms with Crippen LogP contribution < -0.4 is 0 Å². The Balaban J connectivity index is 2.12. The molecule has 0 radical (unpaired) electrons. The Hall–Kier alpha value is -1.87. The fourth-order valence-electron chi connectivity index (χ4n) is 2.91. The number of hydrogen-bond acceptors (Lipinski definition) is 3. The highest BCUT2D eigenvalue weighted by Crippen LogP contribution is 2.49. The smallest absolute Gasteiger partial charge is 0.332 e. The summed E-state index contributed by atoms with van der Waals surface area (Å²) in [5.74, 6) is 0.141. The molecule has 0 bridgehead atoms. The van der Waals surface area contributed by atoms with Crippen molar-refractivity contribution in [1.29, 1.82) is 0 Å². The lowest BCUT2D eigenvalue weighted by molar-refractivity contribution is 0.185. The average molecular weight is 344 g/mol. The molecular formula is C19H21O4P. The van der Waals surface area contributed by atoms with E-state index in [2.05, 4.69) is 0 Å². The molecule has 3 rings (SSSR count). The quantitative estimate of drug-likeness (QED) is 0.493. The van der Waals surface area contributed by atoms with E-state index in [1.165, 1.54) is 0 Å². The zero-order valence-corrected chi connectivity index (χ0v) is 14.7. The molecule has 0 aromatic heterocycles. The maximum atomic E-state index is 12.4. The van der Waals surface area contributed by atoms with Crippen molar-refractivity contribution in [2.45, 2.75) is 32.5 Å². The minimum absolute atomic E-state index is 0.124. The Morgan fingerprint density at radius 2 is 1.83 bits per heavy atom. The number of fused-ring (bicyclic) bond motifs is 2. The van der Waals surface area contributed by atoms with E-state index < -0.39 is 7.60 Å². The summed E-state index contributed by atoms with van der Waals surface area (Å²) in [4.78, 5) is 10.2. The van der Waals surface area contributed by atoms with Crippen LogP contribution in [0.3, 0.4) is 0 Å². The zero-order valence-electron chi connectivity index (χ0n) is 13.8. The van der Waals surface area contributed by atoms with Gasteiger partial charge in [-0.3, -0.25) is 4.57 Å². The molecule has 0 aliphatic rings. The minimum atomic E-state index is -3.78. The zero-order chi connectivity index (χ0) is 17.3. The molecule has 0 saturated heterocycles. The van der Waals surface area contributed by atoms with Crippen molar-refractivity contribution in [3.63, 3.8) is 0 Å². The van der Waals surface area contributed by atoms with E-state index in [-0.39, 0.29) is 18.0 Å². The van der Waals surface area contributed by atoms with Gasteiger partial charge in [-0.1, -0.05) is 49.4 Å². The number of phenols is 1. The highest BCUT2D eigenvalue weighted by atomic mass is 31.2. The third kappa shape index (κ3) is 3.32. The first kappa shape index (κ1) is 17.0. The van der Waals surface area contributed by atoms with E-state index in [0.717, 1.165) is 16.2 Å². The van der Waals surface area contributed by atoms with Crippen LogP contribution in [0.2, 0.25) is 0 Å². The Morgan fingerprint density at radius 3 is 2.58 bits per heavy atom. The Bertz CT molecular complexity index is 935. The third-order valence-electron chi connectivity index (χ3n) is 4.24. The number of benzene rings is 3. The van der Waals surface area contributed by atoms with Crippen LogP contribution in [0.5, 0.6) is 5.75 Å².